The molecular weight excluding hydrogens is 422 g/mol. The molecule has 0 aliphatic carbocycles. The van der Waals surface area contributed by atoms with Gasteiger partial charge in [-0.05, 0) is 60.7 Å². The number of anilines is 1. The lowest BCUT2D eigenvalue weighted by Crippen LogP contribution is -2.15. The van der Waals surface area contributed by atoms with Gasteiger partial charge in [0.25, 0.3) is 0 Å². The van der Waals surface area contributed by atoms with Gasteiger partial charge in [0, 0.05) is 28.7 Å². The van der Waals surface area contributed by atoms with E-state index in [4.69, 9.17) is 16.3 Å². The summed E-state index contributed by atoms with van der Waals surface area (Å²) < 4.78 is 8.97. The maximum atomic E-state index is 12.4. The van der Waals surface area contributed by atoms with Crippen LogP contribution in [0.1, 0.15) is 0 Å². The SMILES string of the molecule is COc1ccc(-c2nnc(SCC(=O)Nc3ccc(Cl)cc3)n2-n2cccc2)cc1. The van der Waals surface area contributed by atoms with Crippen LogP contribution in [0.3, 0.4) is 0 Å². The summed E-state index contributed by atoms with van der Waals surface area (Å²) >= 11 is 7.19. The van der Waals surface area contributed by atoms with E-state index in [9.17, 15) is 4.79 Å². The number of thioether (sulfide) groups is 1. The van der Waals surface area contributed by atoms with E-state index in [1.165, 1.54) is 11.8 Å². The summed E-state index contributed by atoms with van der Waals surface area (Å²) in [6.45, 7) is 0. The van der Waals surface area contributed by atoms with Gasteiger partial charge in [-0.1, -0.05) is 23.4 Å². The highest BCUT2D eigenvalue weighted by atomic mass is 35.5. The molecule has 0 saturated carbocycles. The Morgan fingerprint density at radius 3 is 2.43 bits per heavy atom. The molecule has 4 aromatic rings. The smallest absolute Gasteiger partial charge is 0.234 e. The number of hydrogen-bond acceptors (Lipinski definition) is 5. The first-order valence-corrected chi connectivity index (χ1v) is 10.4. The van der Waals surface area contributed by atoms with Gasteiger partial charge in [-0.25, -0.2) is 4.68 Å². The van der Waals surface area contributed by atoms with Crippen molar-refractivity contribution in [2.45, 2.75) is 5.16 Å². The number of amides is 1. The number of nitrogens with zero attached hydrogens (tertiary/aromatic N) is 4. The maximum Gasteiger partial charge on any atom is 0.234 e. The van der Waals surface area contributed by atoms with Crippen LogP contribution in [0.5, 0.6) is 5.75 Å². The van der Waals surface area contributed by atoms with E-state index in [0.29, 0.717) is 21.7 Å². The third-order valence-corrected chi connectivity index (χ3v) is 5.41. The van der Waals surface area contributed by atoms with Crippen LogP contribution in [-0.2, 0) is 4.79 Å². The Morgan fingerprint density at radius 1 is 1.07 bits per heavy atom. The van der Waals surface area contributed by atoms with E-state index < -0.39 is 0 Å². The fourth-order valence-electron chi connectivity index (χ4n) is 2.80. The quantitative estimate of drug-likeness (QED) is 0.430. The van der Waals surface area contributed by atoms with Gasteiger partial charge in [0.1, 0.15) is 5.75 Å². The molecule has 9 heteroatoms. The summed E-state index contributed by atoms with van der Waals surface area (Å²) in [6.07, 6.45) is 3.79. The number of rotatable bonds is 7. The van der Waals surface area contributed by atoms with E-state index >= 15 is 0 Å². The maximum absolute atomic E-state index is 12.4. The van der Waals surface area contributed by atoms with Crippen LogP contribution in [0.2, 0.25) is 5.02 Å². The van der Waals surface area contributed by atoms with Gasteiger partial charge in [-0.2, -0.15) is 0 Å². The molecule has 0 bridgehead atoms. The average Bonchev–Trinajstić information content (AvgIpc) is 3.43. The molecule has 0 aliphatic rings. The Labute approximate surface area is 182 Å². The molecule has 30 heavy (non-hydrogen) atoms. The van der Waals surface area contributed by atoms with Crippen LogP contribution in [0, 0.1) is 0 Å². The van der Waals surface area contributed by atoms with E-state index in [0.717, 1.165) is 11.3 Å². The highest BCUT2D eigenvalue weighted by Gasteiger charge is 2.17. The number of carbonyl (C=O) groups excluding carboxylic acids is 1. The number of nitrogens with one attached hydrogen (secondary N) is 1. The Balaban J connectivity index is 1.55. The third-order valence-electron chi connectivity index (χ3n) is 4.24. The van der Waals surface area contributed by atoms with Crippen molar-refractivity contribution in [3.8, 4) is 17.1 Å². The molecule has 1 amide bonds. The van der Waals surface area contributed by atoms with Crippen LogP contribution in [0.4, 0.5) is 5.69 Å². The largest absolute Gasteiger partial charge is 0.497 e. The zero-order chi connectivity index (χ0) is 20.9. The number of methoxy groups -OCH3 is 1. The topological polar surface area (TPSA) is 74.0 Å². The van der Waals surface area contributed by atoms with Crippen molar-refractivity contribution in [2.24, 2.45) is 0 Å². The first kappa shape index (κ1) is 20.1. The van der Waals surface area contributed by atoms with Crippen LogP contribution in [-0.4, -0.2) is 38.3 Å². The normalized spacial score (nSPS) is 10.7. The lowest BCUT2D eigenvalue weighted by atomic mass is 10.2. The van der Waals surface area contributed by atoms with Crippen molar-refractivity contribution in [2.75, 3.05) is 18.2 Å². The predicted molar refractivity (Wildman–Crippen MR) is 118 cm³/mol. The van der Waals surface area contributed by atoms with Crippen LogP contribution in [0.15, 0.2) is 78.2 Å². The van der Waals surface area contributed by atoms with Crippen molar-refractivity contribution in [3.05, 3.63) is 78.1 Å². The molecule has 7 nitrogen and oxygen atoms in total. The van der Waals surface area contributed by atoms with E-state index in [1.54, 1.807) is 31.4 Å². The molecule has 0 aliphatic heterocycles. The number of carbonyl (C=O) groups is 1. The van der Waals surface area contributed by atoms with Crippen LogP contribution in [0.25, 0.3) is 11.4 Å². The van der Waals surface area contributed by atoms with Gasteiger partial charge < -0.3 is 10.1 Å². The molecule has 4 rings (SSSR count). The number of halogens is 1. The second-order valence-corrected chi connectivity index (χ2v) is 7.63. The Bertz CT molecular complexity index is 1130. The van der Waals surface area contributed by atoms with Crippen molar-refractivity contribution >= 4 is 35.0 Å². The minimum Gasteiger partial charge on any atom is -0.497 e. The first-order chi connectivity index (χ1) is 14.6. The minimum absolute atomic E-state index is 0.143. The summed E-state index contributed by atoms with van der Waals surface area (Å²) in [5.41, 5.74) is 1.57. The second kappa shape index (κ2) is 9.06. The molecule has 0 atom stereocenters. The molecule has 0 spiro atoms. The van der Waals surface area contributed by atoms with Crippen molar-refractivity contribution < 1.29 is 9.53 Å². The molecule has 2 aromatic carbocycles. The second-order valence-electron chi connectivity index (χ2n) is 6.25. The fraction of sp³-hybridized carbons (Fsp3) is 0.0952. The monoisotopic (exact) mass is 439 g/mol. The molecule has 0 unspecified atom stereocenters. The molecule has 1 N–H and O–H groups in total. The summed E-state index contributed by atoms with van der Waals surface area (Å²) in [7, 11) is 1.63. The standard InChI is InChI=1S/C21H18ClN5O2S/c1-29-18-10-4-15(5-11-18)20-24-25-21(27(20)26-12-2-3-13-26)30-14-19(28)23-17-8-6-16(22)7-9-17/h2-13H,14H2,1H3,(H,23,28). The van der Waals surface area contributed by atoms with Gasteiger partial charge in [-0.3, -0.25) is 9.47 Å². The highest BCUT2D eigenvalue weighted by Crippen LogP contribution is 2.26. The Hall–Kier alpha value is -3.23. The van der Waals surface area contributed by atoms with Gasteiger partial charge in [0.2, 0.25) is 11.1 Å². The lowest BCUT2D eigenvalue weighted by Gasteiger charge is -2.11. The number of aromatic nitrogens is 4. The lowest BCUT2D eigenvalue weighted by molar-refractivity contribution is -0.113. The van der Waals surface area contributed by atoms with Crippen molar-refractivity contribution in [1.82, 2.24) is 19.5 Å². The average molecular weight is 440 g/mol. The highest BCUT2D eigenvalue weighted by molar-refractivity contribution is 7.99. The summed E-state index contributed by atoms with van der Waals surface area (Å²) in [5, 5.41) is 12.7. The summed E-state index contributed by atoms with van der Waals surface area (Å²) in [5.74, 6) is 1.47. The van der Waals surface area contributed by atoms with E-state index in [-0.39, 0.29) is 11.7 Å². The number of hydrogen-bond donors (Lipinski definition) is 1. The molecule has 0 radical (unpaired) electrons. The van der Waals surface area contributed by atoms with Crippen LogP contribution >= 0.6 is 23.4 Å². The van der Waals surface area contributed by atoms with Gasteiger partial charge >= 0.3 is 0 Å². The molecule has 0 saturated heterocycles. The number of benzene rings is 2. The predicted octanol–water partition coefficient (Wildman–Crippen LogP) is 4.45. The Morgan fingerprint density at radius 2 is 1.77 bits per heavy atom. The Kier molecular flexibility index (Phi) is 6.06. The fourth-order valence-corrected chi connectivity index (χ4v) is 3.66. The summed E-state index contributed by atoms with van der Waals surface area (Å²) in [4.78, 5) is 12.4. The molecule has 2 heterocycles. The third kappa shape index (κ3) is 4.50. The van der Waals surface area contributed by atoms with E-state index in [2.05, 4.69) is 15.5 Å². The van der Waals surface area contributed by atoms with Gasteiger partial charge in [0.05, 0.1) is 12.9 Å². The van der Waals surface area contributed by atoms with Gasteiger partial charge in [-0.15, -0.1) is 10.2 Å². The van der Waals surface area contributed by atoms with E-state index in [1.807, 2.05) is 58.1 Å². The first-order valence-electron chi connectivity index (χ1n) is 9.06. The minimum atomic E-state index is -0.143. The zero-order valence-electron chi connectivity index (χ0n) is 16.0. The molecule has 0 fully saturated rings. The van der Waals surface area contributed by atoms with Gasteiger partial charge in [0.15, 0.2) is 5.82 Å². The molecule has 152 valence electrons. The van der Waals surface area contributed by atoms with Crippen LogP contribution < -0.4 is 10.1 Å². The van der Waals surface area contributed by atoms with Crippen molar-refractivity contribution in [1.29, 1.82) is 0 Å². The van der Waals surface area contributed by atoms with Crippen molar-refractivity contribution in [3.63, 3.8) is 0 Å². The zero-order valence-corrected chi connectivity index (χ0v) is 17.6. The number of ether oxygens (including phenoxy) is 1. The molecular formula is C21H18ClN5O2S. The summed E-state index contributed by atoms with van der Waals surface area (Å²) in [6, 6.07) is 18.4. The molecule has 2 aromatic heterocycles.